The van der Waals surface area contributed by atoms with Crippen LogP contribution in [0.4, 0.5) is 4.39 Å². The minimum absolute atomic E-state index is 0.0759. The molecule has 1 aliphatic heterocycles. The first kappa shape index (κ1) is 20.6. The van der Waals surface area contributed by atoms with E-state index in [0.29, 0.717) is 22.8 Å². The number of aromatic nitrogens is 2. The summed E-state index contributed by atoms with van der Waals surface area (Å²) < 4.78 is 15.8. The van der Waals surface area contributed by atoms with Gasteiger partial charge in [-0.2, -0.15) is 5.10 Å². The lowest BCUT2D eigenvalue weighted by molar-refractivity contribution is 0.0903. The smallest absolute Gasteiger partial charge is 0.272 e. The maximum absolute atomic E-state index is 14.0. The van der Waals surface area contributed by atoms with Gasteiger partial charge >= 0.3 is 0 Å². The summed E-state index contributed by atoms with van der Waals surface area (Å²) in [7, 11) is 0. The van der Waals surface area contributed by atoms with Crippen molar-refractivity contribution >= 4 is 17.5 Å². The summed E-state index contributed by atoms with van der Waals surface area (Å²) in [6.45, 7) is 3.95. The Labute approximate surface area is 180 Å². The molecule has 0 unspecified atom stereocenters. The summed E-state index contributed by atoms with van der Waals surface area (Å²) in [6.07, 6.45) is 1.60. The van der Waals surface area contributed by atoms with Crippen molar-refractivity contribution in [2.24, 2.45) is 0 Å². The van der Waals surface area contributed by atoms with Gasteiger partial charge in [0.05, 0.1) is 5.69 Å². The highest BCUT2D eigenvalue weighted by atomic mass is 35.5. The highest BCUT2D eigenvalue weighted by Crippen LogP contribution is 2.23. The predicted molar refractivity (Wildman–Crippen MR) is 115 cm³/mol. The van der Waals surface area contributed by atoms with E-state index in [1.54, 1.807) is 22.9 Å². The Morgan fingerprint density at radius 2 is 1.90 bits per heavy atom. The average molecular weight is 427 g/mol. The predicted octanol–water partition coefficient (Wildman–Crippen LogP) is 4.37. The molecular formula is C23H24ClFN4O. The molecule has 1 aliphatic rings. The number of carbonyl (C=O) groups is 1. The first-order chi connectivity index (χ1) is 14.5. The molecule has 0 aliphatic carbocycles. The van der Waals surface area contributed by atoms with Crippen molar-refractivity contribution in [3.63, 3.8) is 0 Å². The summed E-state index contributed by atoms with van der Waals surface area (Å²) >= 11 is 6.14. The molecule has 1 saturated heterocycles. The van der Waals surface area contributed by atoms with Crippen molar-refractivity contribution < 1.29 is 9.18 Å². The van der Waals surface area contributed by atoms with Gasteiger partial charge in [0.15, 0.2) is 5.69 Å². The van der Waals surface area contributed by atoms with Crippen molar-refractivity contribution in [3.05, 3.63) is 82.4 Å². The van der Waals surface area contributed by atoms with Crippen LogP contribution in [-0.2, 0) is 6.54 Å². The van der Waals surface area contributed by atoms with Crippen molar-refractivity contribution in [1.29, 1.82) is 0 Å². The lowest BCUT2D eigenvalue weighted by atomic mass is 10.0. The summed E-state index contributed by atoms with van der Waals surface area (Å²) in [5, 5.41) is 8.02. The third-order valence-electron chi connectivity index (χ3n) is 5.49. The summed E-state index contributed by atoms with van der Waals surface area (Å²) in [5.74, 6) is -0.439. The Morgan fingerprint density at radius 3 is 2.60 bits per heavy atom. The summed E-state index contributed by atoms with van der Waals surface area (Å²) in [4.78, 5) is 14.9. The van der Waals surface area contributed by atoms with Gasteiger partial charge in [-0.15, -0.1) is 0 Å². The zero-order valence-electron chi connectivity index (χ0n) is 16.8. The van der Waals surface area contributed by atoms with Crippen molar-refractivity contribution in [3.8, 4) is 5.69 Å². The monoisotopic (exact) mass is 426 g/mol. The van der Waals surface area contributed by atoms with E-state index < -0.39 is 0 Å². The second-order valence-corrected chi connectivity index (χ2v) is 8.05. The summed E-state index contributed by atoms with van der Waals surface area (Å²) in [5.41, 5.74) is 2.78. The number of nitrogens with one attached hydrogen (secondary N) is 1. The van der Waals surface area contributed by atoms with Crippen LogP contribution in [0.15, 0.2) is 54.6 Å². The van der Waals surface area contributed by atoms with Crippen LogP contribution in [0.1, 0.15) is 34.6 Å². The van der Waals surface area contributed by atoms with Crippen molar-refractivity contribution in [2.45, 2.75) is 32.4 Å². The Kier molecular flexibility index (Phi) is 6.16. The minimum atomic E-state index is -0.276. The molecule has 1 fully saturated rings. The fourth-order valence-corrected chi connectivity index (χ4v) is 4.04. The maximum Gasteiger partial charge on any atom is 0.272 e. The Morgan fingerprint density at radius 1 is 1.17 bits per heavy atom. The van der Waals surface area contributed by atoms with Crippen molar-refractivity contribution in [1.82, 2.24) is 20.0 Å². The molecule has 0 radical (unpaired) electrons. The third kappa shape index (κ3) is 4.55. The fraction of sp³-hybridized carbons (Fsp3) is 0.304. The largest absolute Gasteiger partial charge is 0.348 e. The van der Waals surface area contributed by atoms with Crippen molar-refractivity contribution in [2.75, 3.05) is 13.1 Å². The van der Waals surface area contributed by atoms with E-state index in [-0.39, 0.29) is 17.8 Å². The second-order valence-electron chi connectivity index (χ2n) is 7.64. The van der Waals surface area contributed by atoms with Crippen LogP contribution in [0.5, 0.6) is 0 Å². The average Bonchev–Trinajstić information content (AvgIpc) is 3.14. The number of hydrogen-bond acceptors (Lipinski definition) is 3. The number of para-hydroxylation sites is 1. The van der Waals surface area contributed by atoms with Crippen LogP contribution in [0, 0.1) is 12.7 Å². The quantitative estimate of drug-likeness (QED) is 0.659. The molecule has 0 saturated carbocycles. The van der Waals surface area contributed by atoms with Gasteiger partial charge in [-0.3, -0.25) is 9.69 Å². The molecule has 0 spiro atoms. The standard InChI is InChI=1S/C23H24ClFN4O/c1-16-14-22(27-29(16)18-6-3-2-4-7-18)23(30)26-17-10-12-28(13-11-17)15-19-20(24)8-5-9-21(19)25/h2-9,14,17H,10-13,15H2,1H3,(H,26,30). The maximum atomic E-state index is 14.0. The second kappa shape index (κ2) is 8.98. The highest BCUT2D eigenvalue weighted by Gasteiger charge is 2.23. The van der Waals surface area contributed by atoms with E-state index in [1.807, 2.05) is 37.3 Å². The number of piperidine rings is 1. The Bertz CT molecular complexity index is 1010. The van der Waals surface area contributed by atoms with E-state index in [4.69, 9.17) is 11.6 Å². The lowest BCUT2D eigenvalue weighted by Gasteiger charge is -2.32. The van der Waals surface area contributed by atoms with Gasteiger partial charge in [-0.25, -0.2) is 9.07 Å². The zero-order chi connectivity index (χ0) is 21.1. The van der Waals surface area contributed by atoms with Gasteiger partial charge in [0.25, 0.3) is 5.91 Å². The fourth-order valence-electron chi connectivity index (χ4n) is 3.82. The number of aryl methyl sites for hydroxylation is 1. The molecule has 7 heteroatoms. The molecule has 2 aromatic carbocycles. The molecule has 156 valence electrons. The number of nitrogens with zero attached hydrogens (tertiary/aromatic N) is 3. The number of carbonyl (C=O) groups excluding carboxylic acids is 1. The van der Waals surface area contributed by atoms with Crippen LogP contribution in [-0.4, -0.2) is 39.7 Å². The number of rotatable bonds is 5. The van der Waals surface area contributed by atoms with Crippen LogP contribution in [0.2, 0.25) is 5.02 Å². The van der Waals surface area contributed by atoms with Gasteiger partial charge < -0.3 is 5.32 Å². The Balaban J connectivity index is 1.34. The molecule has 0 atom stereocenters. The van der Waals surface area contributed by atoms with Gasteiger partial charge in [-0.05, 0) is 50.1 Å². The van der Waals surface area contributed by atoms with Crippen LogP contribution in [0.3, 0.4) is 0 Å². The van der Waals surface area contributed by atoms with Crippen LogP contribution in [0.25, 0.3) is 5.69 Å². The van der Waals surface area contributed by atoms with Crippen LogP contribution >= 0.6 is 11.6 Å². The molecule has 1 N–H and O–H groups in total. The summed E-state index contributed by atoms with van der Waals surface area (Å²) in [6, 6.07) is 16.4. The van der Waals surface area contributed by atoms with E-state index in [1.165, 1.54) is 6.07 Å². The van der Waals surface area contributed by atoms with E-state index >= 15 is 0 Å². The zero-order valence-corrected chi connectivity index (χ0v) is 17.6. The van der Waals surface area contributed by atoms with Gasteiger partial charge in [0.2, 0.25) is 0 Å². The van der Waals surface area contributed by atoms with Crippen LogP contribution < -0.4 is 5.32 Å². The van der Waals surface area contributed by atoms with E-state index in [0.717, 1.165) is 37.3 Å². The molecule has 30 heavy (non-hydrogen) atoms. The number of amides is 1. The molecular weight excluding hydrogens is 403 g/mol. The molecule has 4 rings (SSSR count). The molecule has 5 nitrogen and oxygen atoms in total. The molecule has 3 aromatic rings. The topological polar surface area (TPSA) is 50.2 Å². The molecule has 2 heterocycles. The third-order valence-corrected chi connectivity index (χ3v) is 5.84. The highest BCUT2D eigenvalue weighted by molar-refractivity contribution is 6.31. The van der Waals surface area contributed by atoms with Gasteiger partial charge in [0, 0.05) is 42.0 Å². The van der Waals surface area contributed by atoms with Gasteiger partial charge in [0.1, 0.15) is 5.82 Å². The normalized spacial score (nSPS) is 15.3. The van der Waals surface area contributed by atoms with Gasteiger partial charge in [-0.1, -0.05) is 35.9 Å². The minimum Gasteiger partial charge on any atom is -0.348 e. The molecule has 0 bridgehead atoms. The molecule has 1 aromatic heterocycles. The number of hydrogen-bond donors (Lipinski definition) is 1. The van der Waals surface area contributed by atoms with E-state index in [9.17, 15) is 9.18 Å². The number of benzene rings is 2. The number of halogens is 2. The lowest BCUT2D eigenvalue weighted by Crippen LogP contribution is -2.44. The van der Waals surface area contributed by atoms with E-state index in [2.05, 4.69) is 15.3 Å². The first-order valence-corrected chi connectivity index (χ1v) is 10.5. The SMILES string of the molecule is Cc1cc(C(=O)NC2CCN(Cc3c(F)cccc3Cl)CC2)nn1-c1ccccc1. The number of likely N-dealkylation sites (tertiary alicyclic amines) is 1. The molecule has 1 amide bonds. The Hall–Kier alpha value is -2.70. The first-order valence-electron chi connectivity index (χ1n) is 10.1.